The third kappa shape index (κ3) is 4.18. The van der Waals surface area contributed by atoms with Crippen LogP contribution < -0.4 is 5.32 Å². The lowest BCUT2D eigenvalue weighted by atomic mass is 10.1. The highest BCUT2D eigenvalue weighted by atomic mass is 16.1. The second-order valence-electron chi connectivity index (χ2n) is 5.38. The number of nitriles is 1. The van der Waals surface area contributed by atoms with E-state index in [0.29, 0.717) is 17.7 Å². The van der Waals surface area contributed by atoms with Gasteiger partial charge in [0, 0.05) is 18.7 Å². The van der Waals surface area contributed by atoms with Crippen LogP contribution in [0.25, 0.3) is 0 Å². The molecule has 2 aromatic rings. The summed E-state index contributed by atoms with van der Waals surface area (Å²) in [6.45, 7) is 1.30. The van der Waals surface area contributed by atoms with Crippen molar-refractivity contribution in [3.8, 4) is 6.07 Å². The zero-order valence-electron chi connectivity index (χ0n) is 12.8. The van der Waals surface area contributed by atoms with Gasteiger partial charge in [-0.3, -0.25) is 4.79 Å². The molecule has 0 atom stereocenters. The van der Waals surface area contributed by atoms with Gasteiger partial charge in [0.25, 0.3) is 5.91 Å². The fourth-order valence-electron chi connectivity index (χ4n) is 2.23. The molecule has 0 saturated carbocycles. The van der Waals surface area contributed by atoms with E-state index in [1.54, 1.807) is 24.3 Å². The van der Waals surface area contributed by atoms with Crippen LogP contribution in [-0.2, 0) is 13.1 Å². The van der Waals surface area contributed by atoms with E-state index in [9.17, 15) is 4.79 Å². The Labute approximate surface area is 131 Å². The maximum Gasteiger partial charge on any atom is 0.251 e. The standard InChI is InChI=1S/C18H19N3O/c1-21(2)13-17-8-4-3-7-16(17)12-20-18(22)15-9-5-6-14(10-15)11-19/h3-10H,12-13H2,1-2H3,(H,20,22). The van der Waals surface area contributed by atoms with Crippen LogP contribution in [-0.4, -0.2) is 24.9 Å². The molecule has 0 bridgehead atoms. The number of hydrogen-bond donors (Lipinski definition) is 1. The molecular formula is C18H19N3O. The summed E-state index contributed by atoms with van der Waals surface area (Å²) < 4.78 is 0. The summed E-state index contributed by atoms with van der Waals surface area (Å²) in [4.78, 5) is 14.3. The van der Waals surface area contributed by atoms with Crippen LogP contribution in [0.2, 0.25) is 0 Å². The lowest BCUT2D eigenvalue weighted by molar-refractivity contribution is 0.0951. The van der Waals surface area contributed by atoms with Crippen molar-refractivity contribution in [3.63, 3.8) is 0 Å². The summed E-state index contributed by atoms with van der Waals surface area (Å²) in [5, 5.41) is 11.8. The normalized spacial score (nSPS) is 10.3. The van der Waals surface area contributed by atoms with Gasteiger partial charge in [-0.2, -0.15) is 5.26 Å². The molecule has 22 heavy (non-hydrogen) atoms. The zero-order valence-corrected chi connectivity index (χ0v) is 12.8. The molecule has 4 heteroatoms. The van der Waals surface area contributed by atoms with Crippen molar-refractivity contribution >= 4 is 5.91 Å². The predicted molar refractivity (Wildman–Crippen MR) is 86.2 cm³/mol. The van der Waals surface area contributed by atoms with Crippen molar-refractivity contribution in [2.24, 2.45) is 0 Å². The molecule has 4 nitrogen and oxygen atoms in total. The quantitative estimate of drug-likeness (QED) is 0.921. The minimum Gasteiger partial charge on any atom is -0.348 e. The van der Waals surface area contributed by atoms with Crippen LogP contribution in [0, 0.1) is 11.3 Å². The summed E-state index contributed by atoms with van der Waals surface area (Å²) in [6, 6.07) is 16.8. The van der Waals surface area contributed by atoms with Gasteiger partial charge in [-0.15, -0.1) is 0 Å². The summed E-state index contributed by atoms with van der Waals surface area (Å²) >= 11 is 0. The van der Waals surface area contributed by atoms with Crippen LogP contribution in [0.5, 0.6) is 0 Å². The summed E-state index contributed by atoms with van der Waals surface area (Å²) in [5.41, 5.74) is 3.28. The predicted octanol–water partition coefficient (Wildman–Crippen LogP) is 2.55. The van der Waals surface area contributed by atoms with Crippen molar-refractivity contribution in [3.05, 3.63) is 70.8 Å². The van der Waals surface area contributed by atoms with E-state index in [1.165, 1.54) is 5.56 Å². The molecule has 0 aliphatic heterocycles. The lowest BCUT2D eigenvalue weighted by Gasteiger charge is -2.14. The first-order valence-corrected chi connectivity index (χ1v) is 7.10. The first kappa shape index (κ1) is 15.7. The second-order valence-corrected chi connectivity index (χ2v) is 5.38. The molecule has 1 N–H and O–H groups in total. The summed E-state index contributed by atoms with van der Waals surface area (Å²) in [5.74, 6) is -0.170. The minimum atomic E-state index is -0.170. The molecule has 0 fully saturated rings. The molecule has 0 aliphatic rings. The van der Waals surface area contributed by atoms with Crippen LogP contribution in [0.3, 0.4) is 0 Å². The van der Waals surface area contributed by atoms with Crippen molar-refractivity contribution < 1.29 is 4.79 Å². The number of rotatable bonds is 5. The molecule has 0 spiro atoms. The molecule has 0 aromatic heterocycles. The van der Waals surface area contributed by atoms with Crippen LogP contribution in [0.15, 0.2) is 48.5 Å². The molecule has 2 aromatic carbocycles. The van der Waals surface area contributed by atoms with Crippen LogP contribution >= 0.6 is 0 Å². The molecule has 112 valence electrons. The van der Waals surface area contributed by atoms with Crippen molar-refractivity contribution in [1.29, 1.82) is 5.26 Å². The molecular weight excluding hydrogens is 274 g/mol. The Morgan fingerprint density at radius 2 is 1.86 bits per heavy atom. The third-order valence-corrected chi connectivity index (χ3v) is 3.30. The fourth-order valence-corrected chi connectivity index (χ4v) is 2.23. The maximum absolute atomic E-state index is 12.2. The van der Waals surface area contributed by atoms with E-state index in [0.717, 1.165) is 12.1 Å². The summed E-state index contributed by atoms with van der Waals surface area (Å²) in [7, 11) is 4.03. The third-order valence-electron chi connectivity index (χ3n) is 3.30. The van der Waals surface area contributed by atoms with E-state index in [-0.39, 0.29) is 5.91 Å². The van der Waals surface area contributed by atoms with Crippen LogP contribution in [0.1, 0.15) is 27.0 Å². The first-order chi connectivity index (χ1) is 10.6. The van der Waals surface area contributed by atoms with Crippen molar-refractivity contribution in [2.45, 2.75) is 13.1 Å². The smallest absolute Gasteiger partial charge is 0.251 e. The van der Waals surface area contributed by atoms with Gasteiger partial charge < -0.3 is 10.2 Å². The molecule has 0 unspecified atom stereocenters. The largest absolute Gasteiger partial charge is 0.348 e. The van der Waals surface area contributed by atoms with Gasteiger partial charge in [0.05, 0.1) is 11.6 Å². The van der Waals surface area contributed by atoms with Crippen molar-refractivity contribution in [1.82, 2.24) is 10.2 Å². The maximum atomic E-state index is 12.2. The SMILES string of the molecule is CN(C)Cc1ccccc1CNC(=O)c1cccc(C#N)c1. The van der Waals surface area contributed by atoms with Gasteiger partial charge in [0.2, 0.25) is 0 Å². The number of carbonyl (C=O) groups is 1. The number of carbonyl (C=O) groups excluding carboxylic acids is 1. The summed E-state index contributed by atoms with van der Waals surface area (Å²) in [6.07, 6.45) is 0. The van der Waals surface area contributed by atoms with E-state index >= 15 is 0 Å². The second kappa shape index (κ2) is 7.39. The van der Waals surface area contributed by atoms with Gasteiger partial charge in [0.15, 0.2) is 0 Å². The molecule has 2 rings (SSSR count). The van der Waals surface area contributed by atoms with Gasteiger partial charge in [-0.05, 0) is 43.4 Å². The number of benzene rings is 2. The van der Waals surface area contributed by atoms with Crippen LogP contribution in [0.4, 0.5) is 0 Å². The Bertz CT molecular complexity index is 701. The van der Waals surface area contributed by atoms with E-state index in [2.05, 4.69) is 16.3 Å². The van der Waals surface area contributed by atoms with E-state index < -0.39 is 0 Å². The average Bonchev–Trinajstić information content (AvgIpc) is 2.53. The highest BCUT2D eigenvalue weighted by molar-refractivity contribution is 5.94. The molecule has 0 heterocycles. The highest BCUT2D eigenvalue weighted by Crippen LogP contribution is 2.11. The topological polar surface area (TPSA) is 56.1 Å². The Hall–Kier alpha value is -2.64. The number of nitrogens with zero attached hydrogens (tertiary/aromatic N) is 2. The van der Waals surface area contributed by atoms with E-state index in [4.69, 9.17) is 5.26 Å². The highest BCUT2D eigenvalue weighted by Gasteiger charge is 2.08. The molecule has 1 amide bonds. The van der Waals surface area contributed by atoms with Gasteiger partial charge >= 0.3 is 0 Å². The average molecular weight is 293 g/mol. The Kier molecular flexibility index (Phi) is 5.29. The van der Waals surface area contributed by atoms with E-state index in [1.807, 2.05) is 38.4 Å². The Morgan fingerprint density at radius 3 is 2.55 bits per heavy atom. The minimum absolute atomic E-state index is 0.170. The number of amides is 1. The number of hydrogen-bond acceptors (Lipinski definition) is 3. The molecule has 0 radical (unpaired) electrons. The molecule has 0 aliphatic carbocycles. The van der Waals surface area contributed by atoms with Crippen molar-refractivity contribution in [2.75, 3.05) is 14.1 Å². The monoisotopic (exact) mass is 293 g/mol. The number of nitrogens with one attached hydrogen (secondary N) is 1. The Morgan fingerprint density at radius 1 is 1.14 bits per heavy atom. The van der Waals surface area contributed by atoms with Gasteiger partial charge in [-0.1, -0.05) is 30.3 Å². The first-order valence-electron chi connectivity index (χ1n) is 7.10. The zero-order chi connectivity index (χ0) is 15.9. The molecule has 0 saturated heterocycles. The Balaban J connectivity index is 2.07. The fraction of sp³-hybridized carbons (Fsp3) is 0.222. The van der Waals surface area contributed by atoms with Gasteiger partial charge in [0.1, 0.15) is 0 Å². The van der Waals surface area contributed by atoms with Gasteiger partial charge in [-0.25, -0.2) is 0 Å². The lowest BCUT2D eigenvalue weighted by Crippen LogP contribution is -2.24.